The van der Waals surface area contributed by atoms with Gasteiger partial charge in [-0.1, -0.05) is 24.8 Å². The Labute approximate surface area is 258 Å². The number of halogens is 3. The number of H-pyrrole nitrogens is 2. The molecule has 14 heteroatoms. The number of aromatic nitrogens is 2. The average Bonchev–Trinajstić information content (AvgIpc) is 3.26. The van der Waals surface area contributed by atoms with Crippen LogP contribution >= 0.6 is 0 Å². The molecule has 45 heavy (non-hydrogen) atoms. The number of nitrogens with zero attached hydrogens (tertiary/aromatic N) is 4. The van der Waals surface area contributed by atoms with E-state index in [1.54, 1.807) is 43.4 Å². The summed E-state index contributed by atoms with van der Waals surface area (Å²) in [7, 11) is 2.01. The zero-order chi connectivity index (χ0) is 32.7. The van der Waals surface area contributed by atoms with Gasteiger partial charge in [0.2, 0.25) is 0 Å². The van der Waals surface area contributed by atoms with Crippen molar-refractivity contribution < 1.29 is 18.0 Å². The maximum Gasteiger partial charge on any atom is 0.325 e. The molecule has 2 aromatic rings. The molecule has 1 saturated heterocycles. The molecule has 1 aromatic carbocycles. The fraction of sp³-hybridized carbons (Fsp3) is 0.323. The maximum atomic E-state index is 13.9. The maximum absolute atomic E-state index is 13.9. The second-order valence-corrected chi connectivity index (χ2v) is 10.9. The molecular formula is C31H38F3N9O2. The number of fused-ring (bicyclic) bond motifs is 1. The average molecular weight is 626 g/mol. The molecule has 11 nitrogen and oxygen atoms in total. The molecule has 0 unspecified atom stereocenters. The topological polar surface area (TPSA) is 152 Å². The molecule has 0 bridgehead atoms. The number of hydrogen-bond donors (Lipinski definition) is 5. The molecule has 240 valence electrons. The number of benzene rings is 1. The van der Waals surface area contributed by atoms with Crippen molar-refractivity contribution in [1.29, 1.82) is 0 Å². The Balaban J connectivity index is 1.57. The van der Waals surface area contributed by atoms with Gasteiger partial charge in [0, 0.05) is 62.0 Å². The lowest BCUT2D eigenvalue weighted by molar-refractivity contribution is -0.0193. The van der Waals surface area contributed by atoms with Gasteiger partial charge in [0.15, 0.2) is 12.2 Å². The van der Waals surface area contributed by atoms with Crippen LogP contribution in [-0.4, -0.2) is 71.5 Å². The third-order valence-electron chi connectivity index (χ3n) is 7.46. The van der Waals surface area contributed by atoms with E-state index in [1.807, 2.05) is 11.9 Å². The molecule has 2 aliphatic heterocycles. The number of aromatic amines is 2. The second-order valence-electron chi connectivity index (χ2n) is 10.9. The van der Waals surface area contributed by atoms with Crippen LogP contribution in [0.4, 0.5) is 18.9 Å². The molecule has 7 N–H and O–H groups in total. The van der Waals surface area contributed by atoms with Gasteiger partial charge in [-0.25, -0.2) is 28.8 Å². The zero-order valence-corrected chi connectivity index (χ0v) is 25.2. The molecule has 0 atom stereocenters. The lowest BCUT2D eigenvalue weighted by atomic mass is 10.1. The Morgan fingerprint density at radius 2 is 1.98 bits per heavy atom. The van der Waals surface area contributed by atoms with E-state index in [9.17, 15) is 22.8 Å². The lowest BCUT2D eigenvalue weighted by Crippen LogP contribution is -2.43. The van der Waals surface area contributed by atoms with Crippen LogP contribution in [0, 0.1) is 6.92 Å². The summed E-state index contributed by atoms with van der Waals surface area (Å²) in [5.74, 6) is 2.19. The summed E-state index contributed by atoms with van der Waals surface area (Å²) in [6.45, 7) is 6.82. The van der Waals surface area contributed by atoms with E-state index in [-0.39, 0.29) is 17.0 Å². The first kappa shape index (κ1) is 33.1. The van der Waals surface area contributed by atoms with E-state index in [2.05, 4.69) is 31.8 Å². The minimum Gasteiger partial charge on any atom is -0.397 e. The first-order valence-electron chi connectivity index (χ1n) is 14.3. The number of likely N-dealkylation sites (N-methyl/N-ethyl adjacent to an activating group) is 1. The third-order valence-corrected chi connectivity index (χ3v) is 7.46. The highest BCUT2D eigenvalue weighted by Gasteiger charge is 2.27. The van der Waals surface area contributed by atoms with Crippen molar-refractivity contribution >= 4 is 17.7 Å². The number of piperazine rings is 1. The summed E-state index contributed by atoms with van der Waals surface area (Å²) >= 11 is 0. The minimum atomic E-state index is -3.58. The first-order valence-corrected chi connectivity index (χ1v) is 14.3. The van der Waals surface area contributed by atoms with E-state index < -0.39 is 24.9 Å². The number of alkyl halides is 3. The van der Waals surface area contributed by atoms with Gasteiger partial charge in [-0.3, -0.25) is 14.8 Å². The van der Waals surface area contributed by atoms with Crippen LogP contribution in [0.1, 0.15) is 28.8 Å². The van der Waals surface area contributed by atoms with E-state index in [0.717, 1.165) is 24.7 Å². The van der Waals surface area contributed by atoms with Crippen molar-refractivity contribution in [2.24, 2.45) is 16.6 Å². The van der Waals surface area contributed by atoms with E-state index in [0.29, 0.717) is 53.0 Å². The van der Waals surface area contributed by atoms with Crippen molar-refractivity contribution in [3.63, 3.8) is 0 Å². The van der Waals surface area contributed by atoms with Gasteiger partial charge in [0.1, 0.15) is 0 Å². The third kappa shape index (κ3) is 8.64. The van der Waals surface area contributed by atoms with Crippen molar-refractivity contribution in [2.45, 2.75) is 25.7 Å². The number of nitrogens with two attached hydrogens (primary N) is 2. The summed E-state index contributed by atoms with van der Waals surface area (Å²) < 4.78 is 40.6. The number of hydrazine groups is 1. The number of amides is 1. The van der Waals surface area contributed by atoms with Gasteiger partial charge in [0.05, 0.1) is 16.7 Å². The van der Waals surface area contributed by atoms with Crippen LogP contribution in [0.2, 0.25) is 0 Å². The number of imidazole rings is 1. The van der Waals surface area contributed by atoms with E-state index in [4.69, 9.17) is 11.6 Å². The van der Waals surface area contributed by atoms with Crippen molar-refractivity contribution in [3.8, 4) is 0 Å². The number of aryl methyl sites for hydroxylation is 1. The molecule has 0 saturated carbocycles. The monoisotopic (exact) mass is 625 g/mol. The number of anilines is 1. The van der Waals surface area contributed by atoms with E-state index in [1.165, 1.54) is 17.4 Å². The number of rotatable bonds is 11. The minimum absolute atomic E-state index is 0.0873. The van der Waals surface area contributed by atoms with Crippen molar-refractivity contribution in [1.82, 2.24) is 25.1 Å². The fourth-order valence-corrected chi connectivity index (χ4v) is 4.73. The van der Waals surface area contributed by atoms with Crippen molar-refractivity contribution in [3.05, 3.63) is 111 Å². The normalized spacial score (nSPS) is 16.6. The first-order chi connectivity index (χ1) is 21.4. The second kappa shape index (κ2) is 14.3. The highest BCUT2D eigenvalue weighted by atomic mass is 19.3. The quantitative estimate of drug-likeness (QED) is 0.145. The Morgan fingerprint density at radius 1 is 1.24 bits per heavy atom. The molecule has 1 fully saturated rings. The van der Waals surface area contributed by atoms with Gasteiger partial charge in [-0.2, -0.15) is 0 Å². The van der Waals surface area contributed by atoms with Crippen LogP contribution in [0.15, 0.2) is 87.9 Å². The standard InChI is InChI=1S/C31H38F3N9O2/c1-4-24(42-13-11-41(3)12-14-42)16-23(9-10-31(33,34)19-32)38-29(44)21-6-5-20(2)27(15-21)43(36)18-25(35)22-7-8-26-28(37-17-22)40-30(45)39-26/h4-6,8-9,15-18H,1,7,10-14,19,35-36H2,2-3H3,(H,38,44)(H2,37,39,40,45)/b23-9+,24-16+,25-18-. The van der Waals surface area contributed by atoms with Crippen molar-refractivity contribution in [2.75, 3.05) is 44.9 Å². The summed E-state index contributed by atoms with van der Waals surface area (Å²) in [6, 6.07) is 4.83. The molecule has 0 spiro atoms. The molecule has 2 aliphatic rings. The SMILES string of the molecule is C=C/C(=C\C(=C/CC(F)(F)CF)NC(=O)c1ccc(C)c(N(N)/C=C(\N)C2=CN=c3[nH]c(=O)[nH]c3=CC2)c1)N1CCN(C)CC1. The largest absolute Gasteiger partial charge is 0.397 e. The highest BCUT2D eigenvalue weighted by molar-refractivity contribution is 5.96. The molecular weight excluding hydrogens is 587 g/mol. The summed E-state index contributed by atoms with van der Waals surface area (Å²) in [4.78, 5) is 38.6. The van der Waals surface area contributed by atoms with Gasteiger partial charge in [0.25, 0.3) is 11.8 Å². The summed E-state index contributed by atoms with van der Waals surface area (Å²) in [5.41, 5.74) is 9.44. The number of carbonyl (C=O) groups excluding carboxylic acids is 1. The Morgan fingerprint density at radius 3 is 2.67 bits per heavy atom. The highest BCUT2D eigenvalue weighted by Crippen LogP contribution is 2.24. The Kier molecular flexibility index (Phi) is 10.5. The van der Waals surface area contributed by atoms with Gasteiger partial charge in [-0.15, -0.1) is 0 Å². The van der Waals surface area contributed by atoms with E-state index >= 15 is 0 Å². The number of nitrogens with one attached hydrogen (secondary N) is 3. The smallest absolute Gasteiger partial charge is 0.325 e. The fourth-order valence-electron chi connectivity index (χ4n) is 4.73. The van der Waals surface area contributed by atoms with Gasteiger partial charge >= 0.3 is 5.69 Å². The lowest BCUT2D eigenvalue weighted by Gasteiger charge is -2.34. The Hall–Kier alpha value is -4.82. The molecule has 1 aromatic heterocycles. The number of hydrogen-bond acceptors (Lipinski definition) is 8. The summed E-state index contributed by atoms with van der Waals surface area (Å²) in [6.07, 6.45) is 8.55. The number of carbonyl (C=O) groups is 1. The van der Waals surface area contributed by atoms with Crippen LogP contribution in [0.3, 0.4) is 0 Å². The predicted octanol–water partition coefficient (Wildman–Crippen LogP) is 1.81. The van der Waals surface area contributed by atoms with Gasteiger partial charge in [-0.05, 0) is 55.8 Å². The molecule has 0 aliphatic carbocycles. The summed E-state index contributed by atoms with van der Waals surface area (Å²) in [5, 5.41) is 4.52. The van der Waals surface area contributed by atoms with Gasteiger partial charge < -0.3 is 25.8 Å². The molecule has 0 radical (unpaired) electrons. The number of allylic oxidation sites excluding steroid dienone is 4. The molecule has 1 amide bonds. The zero-order valence-electron chi connectivity index (χ0n) is 25.2. The van der Waals surface area contributed by atoms with Crippen LogP contribution in [-0.2, 0) is 0 Å². The molecule has 4 rings (SSSR count). The van der Waals surface area contributed by atoms with Crippen LogP contribution in [0.25, 0.3) is 6.08 Å². The predicted molar refractivity (Wildman–Crippen MR) is 168 cm³/mol. The molecule has 3 heterocycles. The van der Waals surface area contributed by atoms with Crippen LogP contribution < -0.4 is 38.4 Å². The van der Waals surface area contributed by atoms with Crippen LogP contribution in [0.5, 0.6) is 0 Å². The Bertz CT molecular complexity index is 1730.